The number of aromatic carboxylic acids is 1. The minimum absolute atomic E-state index is 0.0399. The predicted molar refractivity (Wildman–Crippen MR) is 75.9 cm³/mol. The predicted octanol–water partition coefficient (Wildman–Crippen LogP) is 1.55. The largest absolute Gasteiger partial charge is 0.535 e. The minimum atomic E-state index is -1.20. The van der Waals surface area contributed by atoms with E-state index in [2.05, 4.69) is 0 Å². The van der Waals surface area contributed by atoms with E-state index >= 15 is 0 Å². The molecule has 1 heterocycles. The van der Waals surface area contributed by atoms with Crippen LogP contribution in [0.15, 0.2) is 12.1 Å². The molecule has 0 aromatic heterocycles. The number of carbonyl (C=O) groups is 2. The zero-order chi connectivity index (χ0) is 15.6. The number of rotatable bonds is 5. The molecular weight excluding hydrogens is 275 g/mol. The SMILES string of the molecule is CCC(=O)C[C@H]1Cc2ccc(OC)c(C(=O)O)c2OB1O. The molecule has 0 aliphatic carbocycles. The van der Waals surface area contributed by atoms with Crippen molar-refractivity contribution in [1.29, 1.82) is 0 Å². The molecule has 0 bridgehead atoms. The molecule has 2 N–H and O–H groups in total. The number of Topliss-reactive ketones (excluding diaryl/α,β-unsaturated/α-hetero) is 1. The Morgan fingerprint density at radius 2 is 2.19 bits per heavy atom. The Labute approximate surface area is 122 Å². The standard InChI is InChI=1S/C14H17BO6/c1-3-10(16)7-9-6-8-4-5-11(20-2)12(14(17)18)13(8)21-15(9)19/h4-5,9,19H,3,6-7H2,1-2H3,(H,17,18)/t9-/m1/s1. The van der Waals surface area contributed by atoms with Gasteiger partial charge < -0.3 is 19.5 Å². The van der Waals surface area contributed by atoms with Crippen molar-refractivity contribution in [3.8, 4) is 11.5 Å². The lowest BCUT2D eigenvalue weighted by molar-refractivity contribution is -0.118. The lowest BCUT2D eigenvalue weighted by Gasteiger charge is -2.28. The van der Waals surface area contributed by atoms with Gasteiger partial charge in [-0.3, -0.25) is 4.79 Å². The van der Waals surface area contributed by atoms with E-state index in [1.165, 1.54) is 7.11 Å². The molecule has 1 atom stereocenters. The Kier molecular flexibility index (Phi) is 4.52. The maximum Gasteiger partial charge on any atom is 0.526 e. The summed E-state index contributed by atoms with van der Waals surface area (Å²) >= 11 is 0. The number of methoxy groups -OCH3 is 1. The Bertz CT molecular complexity index is 571. The van der Waals surface area contributed by atoms with Gasteiger partial charge in [0, 0.05) is 18.7 Å². The van der Waals surface area contributed by atoms with Gasteiger partial charge in [-0.25, -0.2) is 4.79 Å². The van der Waals surface area contributed by atoms with Crippen LogP contribution < -0.4 is 9.39 Å². The Balaban J connectivity index is 2.36. The maximum atomic E-state index is 11.5. The zero-order valence-electron chi connectivity index (χ0n) is 12.0. The number of hydrogen-bond acceptors (Lipinski definition) is 5. The molecule has 6 nitrogen and oxygen atoms in total. The number of fused-ring (bicyclic) bond motifs is 1. The number of carbonyl (C=O) groups excluding carboxylic acids is 1. The molecule has 1 aromatic rings. The van der Waals surface area contributed by atoms with Gasteiger partial charge in [-0.05, 0) is 18.1 Å². The topological polar surface area (TPSA) is 93.1 Å². The molecule has 1 aliphatic rings. The third-order valence-electron chi connectivity index (χ3n) is 3.64. The van der Waals surface area contributed by atoms with Gasteiger partial charge in [-0.2, -0.15) is 0 Å². The van der Waals surface area contributed by atoms with Gasteiger partial charge in [0.2, 0.25) is 0 Å². The summed E-state index contributed by atoms with van der Waals surface area (Å²) < 4.78 is 10.4. The second kappa shape index (κ2) is 6.18. The molecule has 0 saturated carbocycles. The van der Waals surface area contributed by atoms with Crippen molar-refractivity contribution in [3.05, 3.63) is 23.3 Å². The summed E-state index contributed by atoms with van der Waals surface area (Å²) in [5.74, 6) is -1.21. The lowest BCUT2D eigenvalue weighted by Crippen LogP contribution is -2.35. The molecule has 0 spiro atoms. The molecule has 0 fully saturated rings. The molecule has 0 unspecified atom stereocenters. The fourth-order valence-electron chi connectivity index (χ4n) is 2.49. The summed E-state index contributed by atoms with van der Waals surface area (Å²) in [5.41, 5.74) is 0.557. The van der Waals surface area contributed by atoms with Crippen LogP contribution in [0, 0.1) is 0 Å². The van der Waals surface area contributed by atoms with Gasteiger partial charge in [-0.1, -0.05) is 13.0 Å². The van der Waals surface area contributed by atoms with E-state index in [4.69, 9.17) is 9.39 Å². The summed E-state index contributed by atoms with van der Waals surface area (Å²) in [7, 11) is 0.175. The van der Waals surface area contributed by atoms with Crippen molar-refractivity contribution in [1.82, 2.24) is 0 Å². The van der Waals surface area contributed by atoms with Crippen LogP contribution in [0.25, 0.3) is 0 Å². The number of ether oxygens (including phenoxy) is 1. The molecule has 112 valence electrons. The first-order chi connectivity index (χ1) is 9.97. The number of benzene rings is 1. The summed E-state index contributed by atoms with van der Waals surface area (Å²) in [4.78, 5) is 22.9. The Morgan fingerprint density at radius 1 is 1.48 bits per heavy atom. The van der Waals surface area contributed by atoms with Crippen LogP contribution in [-0.4, -0.2) is 36.1 Å². The molecule has 2 rings (SSSR count). The average Bonchev–Trinajstić information content (AvgIpc) is 2.46. The number of carboxylic acids is 1. The van der Waals surface area contributed by atoms with Crippen molar-refractivity contribution >= 4 is 18.9 Å². The number of ketones is 1. The molecule has 1 aliphatic heterocycles. The van der Waals surface area contributed by atoms with Crippen molar-refractivity contribution in [3.63, 3.8) is 0 Å². The first-order valence-corrected chi connectivity index (χ1v) is 6.77. The molecule has 1 aromatic carbocycles. The van der Waals surface area contributed by atoms with Crippen LogP contribution in [0.2, 0.25) is 5.82 Å². The van der Waals surface area contributed by atoms with Gasteiger partial charge >= 0.3 is 13.1 Å². The Morgan fingerprint density at radius 3 is 2.76 bits per heavy atom. The van der Waals surface area contributed by atoms with Crippen LogP contribution in [0.5, 0.6) is 11.5 Å². The van der Waals surface area contributed by atoms with E-state index < -0.39 is 13.1 Å². The van der Waals surface area contributed by atoms with Gasteiger partial charge in [0.05, 0.1) is 7.11 Å². The molecule has 21 heavy (non-hydrogen) atoms. The second-order valence-electron chi connectivity index (χ2n) is 5.01. The molecular formula is C14H17BO6. The highest BCUT2D eigenvalue weighted by Gasteiger charge is 2.38. The highest BCUT2D eigenvalue weighted by molar-refractivity contribution is 6.47. The molecule has 0 saturated heterocycles. The lowest BCUT2D eigenvalue weighted by atomic mass is 9.64. The van der Waals surface area contributed by atoms with E-state index in [9.17, 15) is 19.7 Å². The van der Waals surface area contributed by atoms with E-state index in [1.54, 1.807) is 19.1 Å². The van der Waals surface area contributed by atoms with E-state index in [1.807, 2.05) is 0 Å². The summed E-state index contributed by atoms with van der Waals surface area (Å²) in [6.45, 7) is 1.76. The van der Waals surface area contributed by atoms with Crippen molar-refractivity contribution in [2.45, 2.75) is 32.0 Å². The van der Waals surface area contributed by atoms with E-state index in [0.29, 0.717) is 18.4 Å². The van der Waals surface area contributed by atoms with E-state index in [-0.39, 0.29) is 35.1 Å². The molecule has 0 radical (unpaired) electrons. The van der Waals surface area contributed by atoms with Crippen LogP contribution in [0.4, 0.5) is 0 Å². The fraction of sp³-hybridized carbons (Fsp3) is 0.429. The molecule has 0 amide bonds. The third-order valence-corrected chi connectivity index (χ3v) is 3.64. The number of hydrogen-bond donors (Lipinski definition) is 2. The van der Waals surface area contributed by atoms with Crippen molar-refractivity contribution < 1.29 is 29.1 Å². The van der Waals surface area contributed by atoms with Gasteiger partial charge in [0.1, 0.15) is 22.8 Å². The first-order valence-electron chi connectivity index (χ1n) is 6.77. The van der Waals surface area contributed by atoms with Gasteiger partial charge in [0.25, 0.3) is 0 Å². The van der Waals surface area contributed by atoms with Crippen molar-refractivity contribution in [2.75, 3.05) is 7.11 Å². The third kappa shape index (κ3) is 3.02. The van der Waals surface area contributed by atoms with Crippen LogP contribution >= 0.6 is 0 Å². The van der Waals surface area contributed by atoms with Crippen LogP contribution in [-0.2, 0) is 11.2 Å². The van der Waals surface area contributed by atoms with Crippen molar-refractivity contribution in [2.24, 2.45) is 0 Å². The van der Waals surface area contributed by atoms with Gasteiger partial charge in [-0.15, -0.1) is 0 Å². The Hall–Kier alpha value is -2.02. The fourth-order valence-corrected chi connectivity index (χ4v) is 2.49. The first kappa shape index (κ1) is 15.4. The highest BCUT2D eigenvalue weighted by Crippen LogP contribution is 2.40. The summed E-state index contributed by atoms with van der Waals surface area (Å²) in [6.07, 6.45) is 1.01. The summed E-state index contributed by atoms with van der Waals surface area (Å²) in [6, 6.07) is 3.26. The van der Waals surface area contributed by atoms with Crippen LogP contribution in [0.1, 0.15) is 35.7 Å². The average molecular weight is 292 g/mol. The van der Waals surface area contributed by atoms with Crippen LogP contribution in [0.3, 0.4) is 0 Å². The normalized spacial score (nSPS) is 16.9. The smallest absolute Gasteiger partial charge is 0.526 e. The monoisotopic (exact) mass is 292 g/mol. The highest BCUT2D eigenvalue weighted by atomic mass is 16.5. The zero-order valence-corrected chi connectivity index (χ0v) is 12.0. The summed E-state index contributed by atoms with van der Waals surface area (Å²) in [5, 5.41) is 19.3. The maximum absolute atomic E-state index is 11.5. The van der Waals surface area contributed by atoms with E-state index in [0.717, 1.165) is 0 Å². The number of carboxylic acid groups (broad SMARTS) is 1. The molecule has 7 heteroatoms. The van der Waals surface area contributed by atoms with Gasteiger partial charge in [0.15, 0.2) is 0 Å². The quantitative estimate of drug-likeness (QED) is 0.800. The second-order valence-corrected chi connectivity index (χ2v) is 5.01. The minimum Gasteiger partial charge on any atom is -0.535 e.